The summed E-state index contributed by atoms with van der Waals surface area (Å²) in [5, 5.41) is 10.1. The van der Waals surface area contributed by atoms with Gasteiger partial charge in [-0.15, -0.1) is 0 Å². The van der Waals surface area contributed by atoms with E-state index in [1.165, 1.54) is 16.7 Å². The van der Waals surface area contributed by atoms with Gasteiger partial charge in [0.1, 0.15) is 0 Å². The second kappa shape index (κ2) is 4.34. The lowest BCUT2D eigenvalue weighted by Crippen LogP contribution is -2.15. The van der Waals surface area contributed by atoms with Gasteiger partial charge in [-0.25, -0.2) is 0 Å². The average Bonchev–Trinajstić information content (AvgIpc) is 2.29. The predicted octanol–water partition coefficient (Wildman–Crippen LogP) is 3.89. The molecule has 0 aliphatic rings. The van der Waals surface area contributed by atoms with E-state index in [1.807, 2.05) is 38.1 Å². The highest BCUT2D eigenvalue weighted by molar-refractivity contribution is 5.68. The van der Waals surface area contributed by atoms with Gasteiger partial charge >= 0.3 is 0 Å². The molecular formula is C16H18O. The Bertz CT molecular complexity index is 507. The van der Waals surface area contributed by atoms with Gasteiger partial charge in [-0.1, -0.05) is 42.5 Å². The lowest BCUT2D eigenvalue weighted by atomic mass is 9.92. The van der Waals surface area contributed by atoms with Crippen LogP contribution in [-0.2, 0) is 5.60 Å². The molecule has 0 atom stereocenters. The Morgan fingerprint density at radius 3 is 2.18 bits per heavy atom. The molecule has 0 fully saturated rings. The maximum absolute atomic E-state index is 10.1. The molecule has 0 unspecified atom stereocenters. The van der Waals surface area contributed by atoms with Crippen molar-refractivity contribution in [1.29, 1.82) is 0 Å². The summed E-state index contributed by atoms with van der Waals surface area (Å²) in [7, 11) is 0. The molecule has 1 N–H and O–H groups in total. The molecule has 0 saturated carbocycles. The third kappa shape index (κ3) is 2.56. The summed E-state index contributed by atoms with van der Waals surface area (Å²) < 4.78 is 0. The third-order valence-corrected chi connectivity index (χ3v) is 3.03. The fourth-order valence-electron chi connectivity index (χ4n) is 1.93. The molecule has 0 aliphatic carbocycles. The summed E-state index contributed by atoms with van der Waals surface area (Å²) >= 11 is 0. The molecule has 2 rings (SSSR count). The highest BCUT2D eigenvalue weighted by Gasteiger charge is 2.16. The minimum atomic E-state index is -0.794. The number of aryl methyl sites for hydroxylation is 1. The van der Waals surface area contributed by atoms with Gasteiger partial charge in [0.15, 0.2) is 0 Å². The first kappa shape index (κ1) is 11.9. The van der Waals surface area contributed by atoms with Gasteiger partial charge in [-0.05, 0) is 49.1 Å². The molecule has 2 aromatic carbocycles. The van der Waals surface area contributed by atoms with Gasteiger partial charge in [0, 0.05) is 0 Å². The quantitative estimate of drug-likeness (QED) is 0.823. The van der Waals surface area contributed by atoms with Gasteiger partial charge < -0.3 is 5.11 Å². The first-order valence-electron chi connectivity index (χ1n) is 5.87. The number of rotatable bonds is 2. The molecule has 2 aromatic rings. The Morgan fingerprint density at radius 2 is 1.59 bits per heavy atom. The Hall–Kier alpha value is -1.60. The van der Waals surface area contributed by atoms with E-state index < -0.39 is 5.60 Å². The highest BCUT2D eigenvalue weighted by Crippen LogP contribution is 2.28. The summed E-state index contributed by atoms with van der Waals surface area (Å²) in [6, 6.07) is 16.4. The van der Waals surface area contributed by atoms with Crippen molar-refractivity contribution in [3.05, 3.63) is 59.7 Å². The fraction of sp³-hybridized carbons (Fsp3) is 0.250. The van der Waals surface area contributed by atoms with Gasteiger partial charge in [0.2, 0.25) is 0 Å². The Kier molecular flexibility index (Phi) is 3.03. The van der Waals surface area contributed by atoms with Crippen molar-refractivity contribution in [3.63, 3.8) is 0 Å². The topological polar surface area (TPSA) is 20.2 Å². The second-order valence-electron chi connectivity index (χ2n) is 4.95. The number of aliphatic hydroxyl groups is 1. The molecule has 0 heterocycles. The summed E-state index contributed by atoms with van der Waals surface area (Å²) in [4.78, 5) is 0. The molecule has 17 heavy (non-hydrogen) atoms. The van der Waals surface area contributed by atoms with Crippen molar-refractivity contribution in [3.8, 4) is 11.1 Å². The van der Waals surface area contributed by atoms with E-state index in [1.54, 1.807) is 0 Å². The molecular weight excluding hydrogens is 208 g/mol. The van der Waals surface area contributed by atoms with Crippen molar-refractivity contribution < 1.29 is 5.11 Å². The lowest BCUT2D eigenvalue weighted by Gasteiger charge is -2.19. The number of hydrogen-bond donors (Lipinski definition) is 1. The molecule has 0 amide bonds. The molecule has 0 bridgehead atoms. The minimum Gasteiger partial charge on any atom is -0.386 e. The Labute approximate surface area is 103 Å². The average molecular weight is 226 g/mol. The lowest BCUT2D eigenvalue weighted by molar-refractivity contribution is 0.0786. The smallest absolute Gasteiger partial charge is 0.0840 e. The fourth-order valence-corrected chi connectivity index (χ4v) is 1.93. The van der Waals surface area contributed by atoms with Crippen LogP contribution in [0, 0.1) is 6.92 Å². The normalized spacial score (nSPS) is 11.5. The monoisotopic (exact) mass is 226 g/mol. The summed E-state index contributed by atoms with van der Waals surface area (Å²) in [5.41, 5.74) is 3.75. The van der Waals surface area contributed by atoms with Gasteiger partial charge in [-0.2, -0.15) is 0 Å². The molecule has 88 valence electrons. The van der Waals surface area contributed by atoms with Crippen LogP contribution in [0.25, 0.3) is 11.1 Å². The third-order valence-electron chi connectivity index (χ3n) is 3.03. The van der Waals surface area contributed by atoms with Crippen LogP contribution >= 0.6 is 0 Å². The number of hydrogen-bond acceptors (Lipinski definition) is 1. The Morgan fingerprint density at radius 1 is 0.941 bits per heavy atom. The van der Waals surface area contributed by atoms with E-state index in [4.69, 9.17) is 0 Å². The van der Waals surface area contributed by atoms with Crippen LogP contribution < -0.4 is 0 Å². The van der Waals surface area contributed by atoms with Gasteiger partial charge in [-0.3, -0.25) is 0 Å². The zero-order chi connectivity index (χ0) is 12.5. The van der Waals surface area contributed by atoms with Crippen LogP contribution in [0.15, 0.2) is 48.5 Å². The van der Waals surface area contributed by atoms with Crippen LogP contribution in [0.2, 0.25) is 0 Å². The molecule has 0 spiro atoms. The largest absolute Gasteiger partial charge is 0.386 e. The van der Waals surface area contributed by atoms with E-state index in [0.29, 0.717) is 0 Å². The number of benzene rings is 2. The molecule has 0 radical (unpaired) electrons. The van der Waals surface area contributed by atoms with E-state index in [2.05, 4.69) is 31.2 Å². The van der Waals surface area contributed by atoms with Crippen LogP contribution in [-0.4, -0.2) is 5.11 Å². The van der Waals surface area contributed by atoms with Crippen LogP contribution in [0.3, 0.4) is 0 Å². The summed E-state index contributed by atoms with van der Waals surface area (Å²) in [6.07, 6.45) is 0. The Balaban J connectivity index is 2.55. The molecule has 0 saturated heterocycles. The predicted molar refractivity (Wildman–Crippen MR) is 71.9 cm³/mol. The van der Waals surface area contributed by atoms with E-state index in [0.717, 1.165) is 5.56 Å². The van der Waals surface area contributed by atoms with E-state index in [9.17, 15) is 5.11 Å². The maximum atomic E-state index is 10.1. The van der Waals surface area contributed by atoms with Gasteiger partial charge in [0.25, 0.3) is 0 Å². The zero-order valence-corrected chi connectivity index (χ0v) is 10.6. The van der Waals surface area contributed by atoms with Crippen molar-refractivity contribution in [2.24, 2.45) is 0 Å². The summed E-state index contributed by atoms with van der Waals surface area (Å²) in [6.45, 7) is 5.72. The molecule has 0 aromatic heterocycles. The molecule has 1 nitrogen and oxygen atoms in total. The van der Waals surface area contributed by atoms with Crippen molar-refractivity contribution >= 4 is 0 Å². The van der Waals surface area contributed by atoms with E-state index >= 15 is 0 Å². The van der Waals surface area contributed by atoms with Crippen LogP contribution in [0.1, 0.15) is 25.0 Å². The van der Waals surface area contributed by atoms with Crippen LogP contribution in [0.5, 0.6) is 0 Å². The first-order valence-corrected chi connectivity index (χ1v) is 5.87. The zero-order valence-electron chi connectivity index (χ0n) is 10.6. The van der Waals surface area contributed by atoms with E-state index in [-0.39, 0.29) is 0 Å². The van der Waals surface area contributed by atoms with Gasteiger partial charge in [0.05, 0.1) is 5.60 Å². The standard InChI is InChI=1S/C16H18O/c1-12-9-10-14(16(2,3)17)11-15(12)13-7-5-4-6-8-13/h4-11,17H,1-3H3. The van der Waals surface area contributed by atoms with Crippen molar-refractivity contribution in [2.45, 2.75) is 26.4 Å². The minimum absolute atomic E-state index is 0.794. The van der Waals surface area contributed by atoms with Crippen molar-refractivity contribution in [1.82, 2.24) is 0 Å². The molecule has 0 aliphatic heterocycles. The van der Waals surface area contributed by atoms with Crippen molar-refractivity contribution in [2.75, 3.05) is 0 Å². The molecule has 1 heteroatoms. The highest BCUT2D eigenvalue weighted by atomic mass is 16.3. The maximum Gasteiger partial charge on any atom is 0.0840 e. The summed E-state index contributed by atoms with van der Waals surface area (Å²) in [5.74, 6) is 0. The second-order valence-corrected chi connectivity index (χ2v) is 4.95. The SMILES string of the molecule is Cc1ccc(C(C)(C)O)cc1-c1ccccc1. The first-order chi connectivity index (χ1) is 7.98. The van der Waals surface area contributed by atoms with Crippen LogP contribution in [0.4, 0.5) is 0 Å².